The van der Waals surface area contributed by atoms with E-state index in [9.17, 15) is 13.2 Å². The lowest BCUT2D eigenvalue weighted by molar-refractivity contribution is 0.104. The molecule has 8 heteroatoms. The van der Waals surface area contributed by atoms with Gasteiger partial charge in [0.15, 0.2) is 5.78 Å². The number of hydrogen-bond donors (Lipinski definition) is 0. The van der Waals surface area contributed by atoms with Crippen LogP contribution in [0.15, 0.2) is 65.0 Å². The Balaban J connectivity index is 1.72. The first-order chi connectivity index (χ1) is 14.0. The number of allylic oxidation sites excluding steroid dienone is 1. The summed E-state index contributed by atoms with van der Waals surface area (Å²) in [7, 11) is -3.53. The standard InChI is InChI=1S/C21H21N3O3S2/c1-3-24(4-2)29(26,27)18-11-8-16(9-12-18)20(25)13-10-17-15-28-21(23-17)19-7-5-6-14-22-19/h5-15H,3-4H2,1-2H3/b13-10+. The number of carbonyl (C=O) groups excluding carboxylic acids is 1. The van der Waals surface area contributed by atoms with Gasteiger partial charge in [-0.1, -0.05) is 19.9 Å². The van der Waals surface area contributed by atoms with Crippen molar-refractivity contribution in [2.24, 2.45) is 0 Å². The lowest BCUT2D eigenvalue weighted by Crippen LogP contribution is -2.30. The highest BCUT2D eigenvalue weighted by molar-refractivity contribution is 7.89. The van der Waals surface area contributed by atoms with Crippen molar-refractivity contribution in [3.63, 3.8) is 0 Å². The second-order valence-electron chi connectivity index (χ2n) is 6.10. The number of aromatic nitrogens is 2. The maximum Gasteiger partial charge on any atom is 0.243 e. The molecule has 6 nitrogen and oxygen atoms in total. The Labute approximate surface area is 174 Å². The first kappa shape index (κ1) is 21.0. The molecule has 0 saturated carbocycles. The van der Waals surface area contributed by atoms with Crippen LogP contribution in [-0.4, -0.2) is 41.6 Å². The van der Waals surface area contributed by atoms with Crippen LogP contribution >= 0.6 is 11.3 Å². The number of carbonyl (C=O) groups is 1. The van der Waals surface area contributed by atoms with Crippen molar-refractivity contribution in [2.75, 3.05) is 13.1 Å². The lowest BCUT2D eigenvalue weighted by atomic mass is 10.1. The summed E-state index contributed by atoms with van der Waals surface area (Å²) < 4.78 is 26.4. The van der Waals surface area contributed by atoms with Crippen LogP contribution in [0.1, 0.15) is 29.9 Å². The van der Waals surface area contributed by atoms with Crippen LogP contribution in [0.3, 0.4) is 0 Å². The minimum absolute atomic E-state index is 0.182. The summed E-state index contributed by atoms with van der Waals surface area (Å²) >= 11 is 1.45. The fourth-order valence-corrected chi connectivity index (χ4v) is 4.95. The molecule has 0 radical (unpaired) electrons. The van der Waals surface area contributed by atoms with Crippen molar-refractivity contribution in [3.8, 4) is 10.7 Å². The van der Waals surface area contributed by atoms with E-state index < -0.39 is 10.0 Å². The molecular formula is C21H21N3O3S2. The molecule has 2 heterocycles. The van der Waals surface area contributed by atoms with E-state index in [0.717, 1.165) is 10.7 Å². The summed E-state index contributed by atoms with van der Waals surface area (Å²) in [6, 6.07) is 11.6. The fourth-order valence-electron chi connectivity index (χ4n) is 2.73. The molecule has 0 amide bonds. The Morgan fingerprint density at radius 2 is 1.83 bits per heavy atom. The van der Waals surface area contributed by atoms with Gasteiger partial charge in [0.25, 0.3) is 0 Å². The van der Waals surface area contributed by atoms with E-state index in [0.29, 0.717) is 24.3 Å². The zero-order valence-electron chi connectivity index (χ0n) is 16.1. The molecule has 0 unspecified atom stereocenters. The minimum atomic E-state index is -3.53. The normalized spacial score (nSPS) is 12.0. The Morgan fingerprint density at radius 1 is 1.10 bits per heavy atom. The van der Waals surface area contributed by atoms with Gasteiger partial charge in [0, 0.05) is 30.2 Å². The van der Waals surface area contributed by atoms with Gasteiger partial charge in [-0.05, 0) is 48.6 Å². The monoisotopic (exact) mass is 427 g/mol. The van der Waals surface area contributed by atoms with Gasteiger partial charge in [-0.15, -0.1) is 11.3 Å². The number of benzene rings is 1. The van der Waals surface area contributed by atoms with Crippen LogP contribution in [0.2, 0.25) is 0 Å². The molecule has 3 rings (SSSR count). The zero-order valence-corrected chi connectivity index (χ0v) is 17.8. The van der Waals surface area contributed by atoms with Gasteiger partial charge in [-0.2, -0.15) is 4.31 Å². The Morgan fingerprint density at radius 3 is 2.45 bits per heavy atom. The smallest absolute Gasteiger partial charge is 0.243 e. The highest BCUT2D eigenvalue weighted by atomic mass is 32.2. The van der Waals surface area contributed by atoms with E-state index in [1.54, 1.807) is 26.1 Å². The average Bonchev–Trinajstić information content (AvgIpc) is 3.22. The Bertz CT molecular complexity index is 1100. The third-order valence-electron chi connectivity index (χ3n) is 4.29. The highest BCUT2D eigenvalue weighted by Crippen LogP contribution is 2.22. The second-order valence-corrected chi connectivity index (χ2v) is 8.90. The maximum absolute atomic E-state index is 12.5. The molecule has 0 fully saturated rings. The molecule has 150 valence electrons. The van der Waals surface area contributed by atoms with Crippen molar-refractivity contribution >= 4 is 33.2 Å². The number of pyridine rings is 1. The molecule has 0 spiro atoms. The third kappa shape index (κ3) is 4.84. The number of nitrogens with zero attached hydrogens (tertiary/aromatic N) is 3. The molecule has 0 aliphatic rings. The quantitative estimate of drug-likeness (QED) is 0.399. The van der Waals surface area contributed by atoms with E-state index >= 15 is 0 Å². The molecule has 0 bridgehead atoms. The van der Waals surface area contributed by atoms with Crippen LogP contribution in [0.25, 0.3) is 16.8 Å². The molecule has 0 aliphatic carbocycles. The van der Waals surface area contributed by atoms with Gasteiger partial charge in [0.2, 0.25) is 10.0 Å². The third-order valence-corrected chi connectivity index (χ3v) is 7.24. The summed E-state index contributed by atoms with van der Waals surface area (Å²) in [6.45, 7) is 4.38. The number of sulfonamides is 1. The van der Waals surface area contributed by atoms with E-state index in [-0.39, 0.29) is 10.7 Å². The predicted octanol–water partition coefficient (Wildman–Crippen LogP) is 4.13. The largest absolute Gasteiger partial charge is 0.289 e. The van der Waals surface area contributed by atoms with Crippen molar-refractivity contribution in [3.05, 3.63) is 71.4 Å². The Hall–Kier alpha value is -2.68. The molecule has 0 saturated heterocycles. The maximum atomic E-state index is 12.5. The van der Waals surface area contributed by atoms with Gasteiger partial charge in [0.05, 0.1) is 16.3 Å². The summed E-state index contributed by atoms with van der Waals surface area (Å²) in [5.41, 5.74) is 1.87. The number of rotatable bonds is 8. The van der Waals surface area contributed by atoms with Crippen LogP contribution in [-0.2, 0) is 10.0 Å². The number of hydrogen-bond acceptors (Lipinski definition) is 6. The summed E-state index contributed by atoms with van der Waals surface area (Å²) in [5.74, 6) is -0.218. The first-order valence-electron chi connectivity index (χ1n) is 9.15. The van der Waals surface area contributed by atoms with Crippen molar-refractivity contribution in [1.82, 2.24) is 14.3 Å². The van der Waals surface area contributed by atoms with Crippen molar-refractivity contribution < 1.29 is 13.2 Å². The molecule has 2 aromatic heterocycles. The van der Waals surface area contributed by atoms with E-state index in [2.05, 4.69) is 9.97 Å². The summed E-state index contributed by atoms with van der Waals surface area (Å²) in [6.07, 6.45) is 4.79. The second kappa shape index (κ2) is 9.21. The molecular weight excluding hydrogens is 406 g/mol. The number of thiazole rings is 1. The minimum Gasteiger partial charge on any atom is -0.289 e. The summed E-state index contributed by atoms with van der Waals surface area (Å²) in [5, 5.41) is 2.64. The van der Waals surface area contributed by atoms with E-state index in [1.165, 1.54) is 46.0 Å². The predicted molar refractivity (Wildman–Crippen MR) is 115 cm³/mol. The van der Waals surface area contributed by atoms with Gasteiger partial charge in [-0.25, -0.2) is 13.4 Å². The average molecular weight is 428 g/mol. The van der Waals surface area contributed by atoms with E-state index in [4.69, 9.17) is 0 Å². The fraction of sp³-hybridized carbons (Fsp3) is 0.190. The molecule has 0 N–H and O–H groups in total. The Kier molecular flexibility index (Phi) is 6.68. The van der Waals surface area contributed by atoms with Crippen LogP contribution in [0, 0.1) is 0 Å². The summed E-state index contributed by atoms with van der Waals surface area (Å²) in [4.78, 5) is 21.3. The molecule has 0 aliphatic heterocycles. The van der Waals surface area contributed by atoms with Gasteiger partial charge >= 0.3 is 0 Å². The van der Waals surface area contributed by atoms with Crippen LogP contribution in [0.4, 0.5) is 0 Å². The molecule has 1 aromatic carbocycles. The molecule has 0 atom stereocenters. The zero-order chi connectivity index (χ0) is 20.9. The number of ketones is 1. The van der Waals surface area contributed by atoms with Crippen LogP contribution < -0.4 is 0 Å². The van der Waals surface area contributed by atoms with Crippen LogP contribution in [0.5, 0.6) is 0 Å². The van der Waals surface area contributed by atoms with E-state index in [1.807, 2.05) is 23.6 Å². The lowest BCUT2D eigenvalue weighted by Gasteiger charge is -2.18. The van der Waals surface area contributed by atoms with Crippen molar-refractivity contribution in [2.45, 2.75) is 18.7 Å². The van der Waals surface area contributed by atoms with Gasteiger partial charge in [-0.3, -0.25) is 9.78 Å². The molecule has 29 heavy (non-hydrogen) atoms. The topological polar surface area (TPSA) is 80.2 Å². The van der Waals surface area contributed by atoms with Crippen molar-refractivity contribution in [1.29, 1.82) is 0 Å². The molecule has 3 aromatic rings. The van der Waals surface area contributed by atoms with Gasteiger partial charge in [0.1, 0.15) is 5.01 Å². The SMILES string of the molecule is CCN(CC)S(=O)(=O)c1ccc(C(=O)/C=C/c2csc(-c3ccccn3)n2)cc1. The highest BCUT2D eigenvalue weighted by Gasteiger charge is 2.21. The first-order valence-corrected chi connectivity index (χ1v) is 11.5. The van der Waals surface area contributed by atoms with Gasteiger partial charge < -0.3 is 0 Å².